The molecule has 0 spiro atoms. The Hall–Kier alpha value is -0.910. The van der Waals surface area contributed by atoms with Crippen molar-refractivity contribution in [2.75, 3.05) is 6.61 Å². The zero-order chi connectivity index (χ0) is 25.8. The lowest BCUT2D eigenvalue weighted by Crippen LogP contribution is -2.68. The summed E-state index contributed by atoms with van der Waals surface area (Å²) < 4.78 is 0. The summed E-state index contributed by atoms with van der Waals surface area (Å²) in [7, 11) is 0. The van der Waals surface area contributed by atoms with Crippen LogP contribution in [0.1, 0.15) is 92.9 Å². The molecule has 4 N–H and O–H groups in total. The molecule has 4 saturated carbocycles. The zero-order valence-electron chi connectivity index (χ0n) is 22.7. The van der Waals surface area contributed by atoms with Gasteiger partial charge in [-0.1, -0.05) is 53.2 Å². The number of carboxylic acid groups (broad SMARTS) is 1. The highest BCUT2D eigenvalue weighted by Crippen LogP contribution is 2.75. The largest absolute Gasteiger partial charge is 0.481 e. The van der Waals surface area contributed by atoms with E-state index in [1.54, 1.807) is 0 Å². The average Bonchev–Trinajstić information content (AvgIpc) is 2.80. The van der Waals surface area contributed by atoms with Gasteiger partial charge in [0.1, 0.15) is 0 Å². The molecule has 0 amide bonds. The summed E-state index contributed by atoms with van der Waals surface area (Å²) in [5.74, 6) is 0.828. The summed E-state index contributed by atoms with van der Waals surface area (Å²) in [4.78, 5) is 12.8. The molecule has 5 aliphatic carbocycles. The Kier molecular flexibility index (Phi) is 5.73. The molecule has 5 rings (SSSR count). The van der Waals surface area contributed by atoms with Gasteiger partial charge in [0, 0.05) is 5.41 Å². The predicted octanol–water partition coefficient (Wildman–Crippen LogP) is 5.03. The lowest BCUT2D eigenvalue weighted by Gasteiger charge is -2.71. The zero-order valence-corrected chi connectivity index (χ0v) is 22.7. The van der Waals surface area contributed by atoms with Crippen LogP contribution in [0.4, 0.5) is 0 Å². The number of rotatable bonds is 2. The standard InChI is InChI=1S/C30H48O5/c1-17-9-12-30(25(34)35)14-13-28(5)19(23(30)18(17)2)7-8-22-26(3)15-20(32)24(33)27(4,16-31)21(26)10-11-29(22,28)6/h7,17-18,20-24,31-33H,8-16H2,1-6H3,(H,34,35)/t17-,18?,20-,21?,22?,23?,24?,26?,27+,28-,29?,30-/m1/s1. The molecule has 7 unspecified atom stereocenters. The Bertz CT molecular complexity index is 930. The van der Waals surface area contributed by atoms with Crippen molar-refractivity contribution >= 4 is 5.97 Å². The van der Waals surface area contributed by atoms with Crippen LogP contribution in [0.15, 0.2) is 11.6 Å². The molecular formula is C30H48O5. The number of fused-ring (bicyclic) bond motifs is 7. The van der Waals surface area contributed by atoms with Gasteiger partial charge in [0.05, 0.1) is 24.2 Å². The van der Waals surface area contributed by atoms with E-state index < -0.39 is 29.0 Å². The number of aliphatic hydroxyl groups is 3. The minimum atomic E-state index is -0.907. The van der Waals surface area contributed by atoms with Crippen LogP contribution in [0.3, 0.4) is 0 Å². The molecule has 5 nitrogen and oxygen atoms in total. The maximum absolute atomic E-state index is 12.8. The summed E-state index contributed by atoms with van der Waals surface area (Å²) in [5.41, 5.74) is -0.214. The molecule has 0 aliphatic heterocycles. The summed E-state index contributed by atoms with van der Waals surface area (Å²) in [6.45, 7) is 13.6. The van der Waals surface area contributed by atoms with Gasteiger partial charge in [0.2, 0.25) is 0 Å². The van der Waals surface area contributed by atoms with Crippen molar-refractivity contribution in [2.24, 2.45) is 56.7 Å². The number of carboxylic acids is 1. The second-order valence-electron chi connectivity index (χ2n) is 14.5. The van der Waals surface area contributed by atoms with Crippen molar-refractivity contribution in [1.82, 2.24) is 0 Å². The number of aliphatic carboxylic acids is 1. The number of aliphatic hydroxyl groups excluding tert-OH is 3. The third-order valence-corrected chi connectivity index (χ3v) is 13.5. The van der Waals surface area contributed by atoms with Crippen LogP contribution in [-0.4, -0.2) is 45.2 Å². The van der Waals surface area contributed by atoms with E-state index in [-0.39, 0.29) is 34.7 Å². The van der Waals surface area contributed by atoms with Crippen LogP contribution >= 0.6 is 0 Å². The SMILES string of the molecule is CC1C2C3=CCC4C5(C)C[C@@H](O)C(O)[C@@](C)(CO)C5CCC4(C)[C@]3(C)CC[C@]2(C(=O)O)CC[C@H]1C. The molecule has 0 radical (unpaired) electrons. The van der Waals surface area contributed by atoms with Crippen LogP contribution < -0.4 is 0 Å². The highest BCUT2D eigenvalue weighted by atomic mass is 16.4. The smallest absolute Gasteiger partial charge is 0.310 e. The third-order valence-electron chi connectivity index (χ3n) is 13.5. The monoisotopic (exact) mass is 488 g/mol. The van der Waals surface area contributed by atoms with E-state index in [2.05, 4.69) is 40.7 Å². The fourth-order valence-electron chi connectivity index (χ4n) is 11.0. The van der Waals surface area contributed by atoms with Crippen molar-refractivity contribution in [3.05, 3.63) is 11.6 Å². The Morgan fingerprint density at radius 1 is 1.00 bits per heavy atom. The number of allylic oxidation sites excluding steroid dienone is 2. The molecule has 12 atom stereocenters. The number of hydrogen-bond donors (Lipinski definition) is 4. The number of carbonyl (C=O) groups is 1. The summed E-state index contributed by atoms with van der Waals surface area (Å²) >= 11 is 0. The van der Waals surface area contributed by atoms with Gasteiger partial charge in [-0.25, -0.2) is 0 Å². The molecule has 4 fully saturated rings. The van der Waals surface area contributed by atoms with E-state index in [1.807, 2.05) is 6.92 Å². The second-order valence-corrected chi connectivity index (χ2v) is 14.5. The van der Waals surface area contributed by atoms with Gasteiger partial charge < -0.3 is 20.4 Å². The first-order valence-corrected chi connectivity index (χ1v) is 14.1. The van der Waals surface area contributed by atoms with Gasteiger partial charge in [-0.2, -0.15) is 0 Å². The van der Waals surface area contributed by atoms with Crippen LogP contribution in [-0.2, 0) is 4.79 Å². The lowest BCUT2D eigenvalue weighted by molar-refractivity contribution is -0.244. The molecular weight excluding hydrogens is 440 g/mol. The van der Waals surface area contributed by atoms with E-state index in [1.165, 1.54) is 5.57 Å². The topological polar surface area (TPSA) is 98.0 Å². The van der Waals surface area contributed by atoms with Crippen LogP contribution in [0.2, 0.25) is 0 Å². The van der Waals surface area contributed by atoms with Crippen LogP contribution in [0.25, 0.3) is 0 Å². The third kappa shape index (κ3) is 2.95. The molecule has 198 valence electrons. The summed E-state index contributed by atoms with van der Waals surface area (Å²) in [6, 6.07) is 0. The van der Waals surface area contributed by atoms with Crippen LogP contribution in [0.5, 0.6) is 0 Å². The Balaban J connectivity index is 1.62. The van der Waals surface area contributed by atoms with Crippen LogP contribution in [0, 0.1) is 56.7 Å². The van der Waals surface area contributed by atoms with E-state index in [9.17, 15) is 25.2 Å². The first-order chi connectivity index (χ1) is 16.2. The van der Waals surface area contributed by atoms with E-state index in [0.29, 0.717) is 24.2 Å². The molecule has 0 bridgehead atoms. The van der Waals surface area contributed by atoms with Gasteiger partial charge in [0.15, 0.2) is 0 Å². The molecule has 35 heavy (non-hydrogen) atoms. The molecule has 0 aromatic heterocycles. The molecule has 5 heteroatoms. The molecule has 5 aliphatic rings. The van der Waals surface area contributed by atoms with Crippen molar-refractivity contribution in [3.8, 4) is 0 Å². The predicted molar refractivity (Wildman–Crippen MR) is 135 cm³/mol. The van der Waals surface area contributed by atoms with E-state index in [4.69, 9.17) is 0 Å². The van der Waals surface area contributed by atoms with Crippen molar-refractivity contribution in [2.45, 2.75) is 105 Å². The molecule has 0 heterocycles. The Morgan fingerprint density at radius 3 is 2.31 bits per heavy atom. The fraction of sp³-hybridized carbons (Fsp3) is 0.900. The minimum absolute atomic E-state index is 0.00815. The second kappa shape index (κ2) is 7.80. The number of hydrogen-bond acceptors (Lipinski definition) is 4. The first-order valence-electron chi connectivity index (χ1n) is 14.1. The molecule has 0 aromatic rings. The fourth-order valence-corrected chi connectivity index (χ4v) is 11.0. The maximum Gasteiger partial charge on any atom is 0.310 e. The molecule has 0 aromatic carbocycles. The minimum Gasteiger partial charge on any atom is -0.481 e. The van der Waals surface area contributed by atoms with E-state index in [0.717, 1.165) is 44.9 Å². The van der Waals surface area contributed by atoms with Gasteiger partial charge in [-0.3, -0.25) is 4.79 Å². The highest BCUT2D eigenvalue weighted by Gasteiger charge is 2.70. The van der Waals surface area contributed by atoms with Crippen molar-refractivity contribution in [3.63, 3.8) is 0 Å². The Labute approximate surface area is 211 Å². The normalized spacial score (nSPS) is 57.7. The van der Waals surface area contributed by atoms with Gasteiger partial charge in [0.25, 0.3) is 0 Å². The Morgan fingerprint density at radius 2 is 1.69 bits per heavy atom. The van der Waals surface area contributed by atoms with E-state index >= 15 is 0 Å². The summed E-state index contributed by atoms with van der Waals surface area (Å²) in [5, 5.41) is 42.9. The molecule has 0 saturated heterocycles. The first kappa shape index (κ1) is 25.7. The lowest BCUT2D eigenvalue weighted by atomic mass is 9.33. The maximum atomic E-state index is 12.8. The summed E-state index contributed by atoms with van der Waals surface area (Å²) in [6.07, 6.45) is 7.51. The van der Waals surface area contributed by atoms with Gasteiger partial charge >= 0.3 is 5.97 Å². The average molecular weight is 489 g/mol. The van der Waals surface area contributed by atoms with Crippen molar-refractivity contribution < 1.29 is 25.2 Å². The quantitative estimate of drug-likeness (QED) is 0.409. The van der Waals surface area contributed by atoms with Gasteiger partial charge in [-0.05, 0) is 97.2 Å². The van der Waals surface area contributed by atoms with Gasteiger partial charge in [-0.15, -0.1) is 0 Å². The highest BCUT2D eigenvalue weighted by molar-refractivity contribution is 5.76. The van der Waals surface area contributed by atoms with Crippen molar-refractivity contribution in [1.29, 1.82) is 0 Å².